The van der Waals surface area contributed by atoms with Gasteiger partial charge in [0.1, 0.15) is 5.54 Å². The molecular weight excluding hydrogens is 283 g/mol. The van der Waals surface area contributed by atoms with Crippen molar-refractivity contribution in [3.8, 4) is 0 Å². The van der Waals surface area contributed by atoms with Gasteiger partial charge in [-0.05, 0) is 30.9 Å². The monoisotopic (exact) mass is 301 g/mol. The average Bonchev–Trinajstić information content (AvgIpc) is 2.38. The molecule has 21 heavy (non-hydrogen) atoms. The van der Waals surface area contributed by atoms with Crippen molar-refractivity contribution in [3.63, 3.8) is 0 Å². The number of hydrogen-bond donors (Lipinski definition) is 2. The molecular formula is C15H18F3NO2. The summed E-state index contributed by atoms with van der Waals surface area (Å²) in [5.41, 5.74) is -2.32. The predicted molar refractivity (Wildman–Crippen MR) is 73.1 cm³/mol. The third-order valence-corrected chi connectivity index (χ3v) is 4.01. The lowest BCUT2D eigenvalue weighted by atomic mass is 9.76. The van der Waals surface area contributed by atoms with E-state index in [1.54, 1.807) is 0 Å². The lowest BCUT2D eigenvalue weighted by Gasteiger charge is -2.38. The van der Waals surface area contributed by atoms with E-state index in [0.717, 1.165) is 12.5 Å². The van der Waals surface area contributed by atoms with Crippen LogP contribution in [0.5, 0.6) is 0 Å². The van der Waals surface area contributed by atoms with Crippen molar-refractivity contribution in [2.24, 2.45) is 5.92 Å². The van der Waals surface area contributed by atoms with E-state index in [-0.39, 0.29) is 11.6 Å². The van der Waals surface area contributed by atoms with Gasteiger partial charge in [-0.2, -0.15) is 13.2 Å². The van der Waals surface area contributed by atoms with Gasteiger partial charge in [-0.25, -0.2) is 4.79 Å². The first kappa shape index (κ1) is 15.7. The van der Waals surface area contributed by atoms with Crippen LogP contribution >= 0.6 is 0 Å². The molecule has 2 N–H and O–H groups in total. The van der Waals surface area contributed by atoms with Crippen LogP contribution in [0.25, 0.3) is 0 Å². The molecule has 2 atom stereocenters. The Labute approximate surface area is 121 Å². The maximum absolute atomic E-state index is 13.0. The molecule has 0 radical (unpaired) electrons. The van der Waals surface area contributed by atoms with Crippen LogP contribution in [0.3, 0.4) is 0 Å². The first-order valence-corrected chi connectivity index (χ1v) is 6.92. The fraction of sp³-hybridized carbons (Fsp3) is 0.533. The van der Waals surface area contributed by atoms with Crippen LogP contribution in [0.2, 0.25) is 0 Å². The van der Waals surface area contributed by atoms with Crippen molar-refractivity contribution in [1.82, 2.24) is 0 Å². The molecule has 6 heteroatoms. The van der Waals surface area contributed by atoms with Crippen molar-refractivity contribution >= 4 is 11.7 Å². The molecule has 116 valence electrons. The van der Waals surface area contributed by atoms with Gasteiger partial charge in [-0.15, -0.1) is 0 Å². The highest BCUT2D eigenvalue weighted by Gasteiger charge is 2.43. The summed E-state index contributed by atoms with van der Waals surface area (Å²) >= 11 is 0. The number of para-hydroxylation sites is 1. The van der Waals surface area contributed by atoms with Crippen LogP contribution in [0.15, 0.2) is 24.3 Å². The highest BCUT2D eigenvalue weighted by molar-refractivity contribution is 5.83. The van der Waals surface area contributed by atoms with Crippen molar-refractivity contribution in [2.45, 2.75) is 44.3 Å². The van der Waals surface area contributed by atoms with Crippen LogP contribution in [0.1, 0.15) is 38.2 Å². The lowest BCUT2D eigenvalue weighted by molar-refractivity contribution is -0.144. The molecule has 0 aliphatic heterocycles. The number of aliphatic carboxylic acids is 1. The Bertz CT molecular complexity index is 530. The molecule has 3 nitrogen and oxygen atoms in total. The number of nitrogens with one attached hydrogen (secondary N) is 1. The first-order chi connectivity index (χ1) is 9.74. The van der Waals surface area contributed by atoms with Gasteiger partial charge < -0.3 is 10.4 Å². The highest BCUT2D eigenvalue weighted by Crippen LogP contribution is 2.40. The first-order valence-electron chi connectivity index (χ1n) is 6.92. The van der Waals surface area contributed by atoms with E-state index in [2.05, 4.69) is 5.32 Å². The molecule has 1 aromatic carbocycles. The van der Waals surface area contributed by atoms with Crippen molar-refractivity contribution in [2.75, 3.05) is 5.32 Å². The largest absolute Gasteiger partial charge is 0.480 e. The molecule has 0 heterocycles. The molecule has 2 unspecified atom stereocenters. The van der Waals surface area contributed by atoms with Gasteiger partial charge in [0.15, 0.2) is 0 Å². The van der Waals surface area contributed by atoms with Gasteiger partial charge in [0.05, 0.1) is 5.56 Å². The number of anilines is 1. The standard InChI is InChI=1S/C15H18F3NO2/c1-10-5-4-8-14(9-10,13(20)21)19-12-7-3-2-6-11(12)15(16,17)18/h2-3,6-7,10,19H,4-5,8-9H2,1H3,(H,20,21). The summed E-state index contributed by atoms with van der Waals surface area (Å²) in [5.74, 6) is -0.925. The smallest absolute Gasteiger partial charge is 0.418 e. The Morgan fingerprint density at radius 1 is 1.38 bits per heavy atom. The van der Waals surface area contributed by atoms with Crippen molar-refractivity contribution in [1.29, 1.82) is 0 Å². The summed E-state index contributed by atoms with van der Waals surface area (Å²) in [6.07, 6.45) is -2.26. The second kappa shape index (κ2) is 5.58. The Kier molecular flexibility index (Phi) is 4.16. The number of hydrogen-bond acceptors (Lipinski definition) is 2. The molecule has 0 saturated heterocycles. The molecule has 2 rings (SSSR count). The Morgan fingerprint density at radius 3 is 2.62 bits per heavy atom. The van der Waals surface area contributed by atoms with E-state index >= 15 is 0 Å². The summed E-state index contributed by atoms with van der Waals surface area (Å²) in [6.45, 7) is 1.92. The van der Waals surface area contributed by atoms with Gasteiger partial charge in [-0.1, -0.05) is 31.9 Å². The van der Waals surface area contributed by atoms with Crippen LogP contribution in [0, 0.1) is 5.92 Å². The van der Waals surface area contributed by atoms with Gasteiger partial charge in [-0.3, -0.25) is 0 Å². The lowest BCUT2D eigenvalue weighted by Crippen LogP contribution is -2.49. The van der Waals surface area contributed by atoms with E-state index < -0.39 is 23.2 Å². The van der Waals surface area contributed by atoms with E-state index in [4.69, 9.17) is 0 Å². The summed E-state index contributed by atoms with van der Waals surface area (Å²) < 4.78 is 39.1. The summed E-state index contributed by atoms with van der Waals surface area (Å²) in [5, 5.41) is 12.2. The molecule has 1 aliphatic carbocycles. The van der Waals surface area contributed by atoms with Crippen LogP contribution in [-0.2, 0) is 11.0 Å². The maximum Gasteiger partial charge on any atom is 0.418 e. The summed E-state index contributed by atoms with van der Waals surface area (Å²) in [4.78, 5) is 11.6. The zero-order chi connectivity index (χ0) is 15.7. The maximum atomic E-state index is 13.0. The van der Waals surface area contributed by atoms with Crippen LogP contribution in [0.4, 0.5) is 18.9 Å². The number of benzene rings is 1. The zero-order valence-electron chi connectivity index (χ0n) is 11.7. The fourth-order valence-electron chi connectivity index (χ4n) is 3.01. The topological polar surface area (TPSA) is 49.3 Å². The summed E-state index contributed by atoms with van der Waals surface area (Å²) in [7, 11) is 0. The molecule has 1 aliphatic rings. The number of carbonyl (C=O) groups is 1. The second-order valence-corrected chi connectivity index (χ2v) is 5.76. The van der Waals surface area contributed by atoms with Crippen molar-refractivity contribution in [3.05, 3.63) is 29.8 Å². The molecule has 0 aromatic heterocycles. The fourth-order valence-corrected chi connectivity index (χ4v) is 3.01. The van der Waals surface area contributed by atoms with Gasteiger partial charge in [0, 0.05) is 5.69 Å². The molecule has 0 spiro atoms. The predicted octanol–water partition coefficient (Wildman–Crippen LogP) is 4.15. The van der Waals surface area contributed by atoms with E-state index in [9.17, 15) is 23.1 Å². The SMILES string of the molecule is CC1CCCC(Nc2ccccc2C(F)(F)F)(C(=O)O)C1. The minimum atomic E-state index is -4.51. The third kappa shape index (κ3) is 3.31. The highest BCUT2D eigenvalue weighted by atomic mass is 19.4. The van der Waals surface area contributed by atoms with E-state index in [1.165, 1.54) is 18.2 Å². The summed E-state index contributed by atoms with van der Waals surface area (Å²) in [6, 6.07) is 5.02. The number of alkyl halides is 3. The quantitative estimate of drug-likeness (QED) is 0.881. The zero-order valence-corrected chi connectivity index (χ0v) is 11.7. The number of carboxylic acids is 1. The minimum absolute atomic E-state index is 0.165. The van der Waals surface area contributed by atoms with Crippen molar-refractivity contribution < 1.29 is 23.1 Å². The molecule has 1 fully saturated rings. The Balaban J connectivity index is 2.37. The van der Waals surface area contributed by atoms with Gasteiger partial charge in [0.2, 0.25) is 0 Å². The van der Waals surface area contributed by atoms with E-state index in [1.807, 2.05) is 6.92 Å². The minimum Gasteiger partial charge on any atom is -0.480 e. The number of halogens is 3. The van der Waals surface area contributed by atoms with E-state index in [0.29, 0.717) is 19.3 Å². The average molecular weight is 301 g/mol. The molecule has 0 amide bonds. The molecule has 1 aromatic rings. The van der Waals surface area contributed by atoms with Crippen LogP contribution < -0.4 is 5.32 Å². The van der Waals surface area contributed by atoms with Gasteiger partial charge in [0.25, 0.3) is 0 Å². The number of carboxylic acid groups (broad SMARTS) is 1. The Hall–Kier alpha value is -1.72. The molecule has 0 bridgehead atoms. The second-order valence-electron chi connectivity index (χ2n) is 5.76. The molecule has 1 saturated carbocycles. The third-order valence-electron chi connectivity index (χ3n) is 4.01. The van der Waals surface area contributed by atoms with Gasteiger partial charge >= 0.3 is 12.1 Å². The normalized spacial score (nSPS) is 26.4. The van der Waals surface area contributed by atoms with Crippen LogP contribution in [-0.4, -0.2) is 16.6 Å². The Morgan fingerprint density at radius 2 is 2.05 bits per heavy atom. The number of rotatable bonds is 3.